The molecule has 160 valence electrons. The van der Waals surface area contributed by atoms with Gasteiger partial charge >= 0.3 is 5.97 Å². The maximum atomic E-state index is 12.6. The van der Waals surface area contributed by atoms with Crippen molar-refractivity contribution in [2.45, 2.75) is 26.6 Å². The highest BCUT2D eigenvalue weighted by atomic mass is 35.5. The van der Waals surface area contributed by atoms with Gasteiger partial charge in [-0.3, -0.25) is 0 Å². The number of rotatable bonds is 6. The summed E-state index contributed by atoms with van der Waals surface area (Å²) in [4.78, 5) is 20.3. The Balaban J connectivity index is 1.86. The van der Waals surface area contributed by atoms with Crippen LogP contribution in [-0.4, -0.2) is 29.2 Å². The quantitative estimate of drug-likeness (QED) is 0.306. The Kier molecular flexibility index (Phi) is 5.71. The van der Waals surface area contributed by atoms with E-state index in [0.29, 0.717) is 27.8 Å². The minimum atomic E-state index is -0.489. The van der Waals surface area contributed by atoms with Crippen molar-refractivity contribution in [3.05, 3.63) is 58.9 Å². The largest absolute Gasteiger partial charge is 0.458 e. The molecule has 0 saturated carbocycles. The highest BCUT2D eigenvalue weighted by Gasteiger charge is 2.21. The molecule has 0 radical (unpaired) electrons. The number of nitrogens with zero attached hydrogens (tertiary/aromatic N) is 1. The Labute approximate surface area is 184 Å². The van der Waals surface area contributed by atoms with E-state index in [2.05, 4.69) is 9.97 Å². The van der Waals surface area contributed by atoms with Gasteiger partial charge in [0.15, 0.2) is 11.4 Å². The summed E-state index contributed by atoms with van der Waals surface area (Å²) in [5.74, 6) is 0.554. The van der Waals surface area contributed by atoms with Crippen LogP contribution in [0.3, 0.4) is 0 Å². The van der Waals surface area contributed by atoms with Gasteiger partial charge in [0.05, 0.1) is 35.1 Å². The minimum absolute atomic E-state index is 0.201. The lowest BCUT2D eigenvalue weighted by atomic mass is 10.1. The summed E-state index contributed by atoms with van der Waals surface area (Å²) in [5, 5.41) is 2.11. The molecule has 4 aromatic rings. The Morgan fingerprint density at radius 2 is 2.03 bits per heavy atom. The number of esters is 1. The van der Waals surface area contributed by atoms with Crippen LogP contribution in [0.5, 0.6) is 11.5 Å². The zero-order chi connectivity index (χ0) is 22.1. The standard InChI is InChI=1S/C23H22ClN3O4/c1-12(2)30-23(28)22-15(11-29-3)20-14-9-13(7-8-17(14)27-18(20)10-26-22)31-19-6-4-5-16(24)21(19)25/h4-10,12,27H,11,25H2,1-3H3. The zero-order valence-corrected chi connectivity index (χ0v) is 18.1. The molecule has 2 heterocycles. The average Bonchev–Trinajstić information content (AvgIpc) is 3.09. The van der Waals surface area contributed by atoms with Gasteiger partial charge in [0, 0.05) is 29.0 Å². The second-order valence-electron chi connectivity index (χ2n) is 7.35. The van der Waals surface area contributed by atoms with E-state index in [9.17, 15) is 4.79 Å². The first-order chi connectivity index (χ1) is 14.9. The molecule has 2 aromatic heterocycles. The number of aromatic amines is 1. The van der Waals surface area contributed by atoms with Gasteiger partial charge in [-0.25, -0.2) is 9.78 Å². The molecule has 3 N–H and O–H groups in total. The topological polar surface area (TPSA) is 99.5 Å². The predicted molar refractivity (Wildman–Crippen MR) is 121 cm³/mol. The molecule has 8 heteroatoms. The fourth-order valence-corrected chi connectivity index (χ4v) is 3.63. The Bertz CT molecular complexity index is 1280. The fourth-order valence-electron chi connectivity index (χ4n) is 3.47. The van der Waals surface area contributed by atoms with Crippen LogP contribution in [0.15, 0.2) is 42.6 Å². The summed E-state index contributed by atoms with van der Waals surface area (Å²) in [6.07, 6.45) is 1.37. The molecule has 31 heavy (non-hydrogen) atoms. The van der Waals surface area contributed by atoms with Gasteiger partial charge in [0.25, 0.3) is 0 Å². The molecule has 0 aliphatic carbocycles. The van der Waals surface area contributed by atoms with Crippen molar-refractivity contribution in [1.82, 2.24) is 9.97 Å². The highest BCUT2D eigenvalue weighted by Crippen LogP contribution is 2.36. The molecule has 0 aliphatic rings. The number of halogens is 1. The van der Waals surface area contributed by atoms with Crippen LogP contribution in [0.1, 0.15) is 29.9 Å². The highest BCUT2D eigenvalue weighted by molar-refractivity contribution is 6.33. The second-order valence-corrected chi connectivity index (χ2v) is 7.75. The van der Waals surface area contributed by atoms with Gasteiger partial charge in [0.2, 0.25) is 0 Å². The summed E-state index contributed by atoms with van der Waals surface area (Å²) in [6, 6.07) is 10.8. The number of fused-ring (bicyclic) bond motifs is 3. The number of nitrogen functional groups attached to an aromatic ring is 1. The lowest BCUT2D eigenvalue weighted by molar-refractivity contribution is 0.0366. The molecule has 0 fully saturated rings. The Morgan fingerprint density at radius 3 is 2.77 bits per heavy atom. The lowest BCUT2D eigenvalue weighted by Crippen LogP contribution is -2.15. The first kappa shape index (κ1) is 21.0. The zero-order valence-electron chi connectivity index (χ0n) is 17.4. The first-order valence-corrected chi connectivity index (χ1v) is 10.1. The van der Waals surface area contributed by atoms with Gasteiger partial charge in [-0.05, 0) is 44.2 Å². The summed E-state index contributed by atoms with van der Waals surface area (Å²) >= 11 is 6.10. The molecule has 0 bridgehead atoms. The maximum Gasteiger partial charge on any atom is 0.357 e. The smallest absolute Gasteiger partial charge is 0.357 e. The van der Waals surface area contributed by atoms with Crippen molar-refractivity contribution in [3.63, 3.8) is 0 Å². The molecule has 7 nitrogen and oxygen atoms in total. The molecule has 0 aliphatic heterocycles. The number of hydrogen-bond donors (Lipinski definition) is 2. The number of pyridine rings is 1. The van der Waals surface area contributed by atoms with Crippen molar-refractivity contribution in [3.8, 4) is 11.5 Å². The van der Waals surface area contributed by atoms with Crippen molar-refractivity contribution in [2.24, 2.45) is 0 Å². The number of nitrogens with two attached hydrogens (primary N) is 1. The number of para-hydroxylation sites is 1. The molecular weight excluding hydrogens is 418 g/mol. The van der Waals surface area contributed by atoms with Crippen LogP contribution >= 0.6 is 11.6 Å². The van der Waals surface area contributed by atoms with Crippen molar-refractivity contribution in [1.29, 1.82) is 0 Å². The van der Waals surface area contributed by atoms with Crippen LogP contribution in [0.4, 0.5) is 5.69 Å². The van der Waals surface area contributed by atoms with Crippen LogP contribution in [-0.2, 0) is 16.1 Å². The second kappa shape index (κ2) is 8.45. The van der Waals surface area contributed by atoms with Gasteiger partial charge in [-0.1, -0.05) is 17.7 Å². The Morgan fingerprint density at radius 1 is 1.23 bits per heavy atom. The SMILES string of the molecule is COCc1c(C(=O)OC(C)C)ncc2[nH]c3ccc(Oc4cccc(Cl)c4N)cc3c12. The molecule has 4 rings (SSSR count). The number of benzene rings is 2. The number of H-pyrrole nitrogens is 1. The van der Waals surface area contributed by atoms with Gasteiger partial charge < -0.3 is 24.9 Å². The van der Waals surface area contributed by atoms with Crippen molar-refractivity contribution in [2.75, 3.05) is 12.8 Å². The maximum absolute atomic E-state index is 12.6. The summed E-state index contributed by atoms with van der Waals surface area (Å²) in [5.41, 5.74) is 8.93. The van der Waals surface area contributed by atoms with E-state index in [1.165, 1.54) is 0 Å². The number of aromatic nitrogens is 2. The summed E-state index contributed by atoms with van der Waals surface area (Å²) in [7, 11) is 1.57. The van der Waals surface area contributed by atoms with Crippen molar-refractivity contribution < 1.29 is 19.0 Å². The van der Waals surface area contributed by atoms with E-state index in [1.54, 1.807) is 45.4 Å². The van der Waals surface area contributed by atoms with Crippen molar-refractivity contribution >= 4 is 45.1 Å². The third-order valence-corrected chi connectivity index (χ3v) is 5.10. The summed E-state index contributed by atoms with van der Waals surface area (Å²) < 4.78 is 16.7. The minimum Gasteiger partial charge on any atom is -0.458 e. The first-order valence-electron chi connectivity index (χ1n) is 9.74. The number of carbonyl (C=O) groups excluding carboxylic acids is 1. The molecular formula is C23H22ClN3O4. The molecule has 0 atom stereocenters. The van der Waals surface area contributed by atoms with Gasteiger partial charge in [-0.15, -0.1) is 0 Å². The molecule has 0 amide bonds. The number of anilines is 1. The summed E-state index contributed by atoms with van der Waals surface area (Å²) in [6.45, 7) is 3.79. The van der Waals surface area contributed by atoms with Crippen LogP contribution in [0.25, 0.3) is 21.8 Å². The van der Waals surface area contributed by atoms with Crippen LogP contribution in [0.2, 0.25) is 5.02 Å². The third-order valence-electron chi connectivity index (χ3n) is 4.77. The number of carbonyl (C=O) groups is 1. The lowest BCUT2D eigenvalue weighted by Gasteiger charge is -2.12. The van der Waals surface area contributed by atoms with E-state index >= 15 is 0 Å². The monoisotopic (exact) mass is 439 g/mol. The number of ether oxygens (including phenoxy) is 3. The van der Waals surface area contributed by atoms with E-state index in [0.717, 1.165) is 21.8 Å². The van der Waals surface area contributed by atoms with Gasteiger partial charge in [-0.2, -0.15) is 0 Å². The van der Waals surface area contributed by atoms with Crippen LogP contribution in [0, 0.1) is 0 Å². The van der Waals surface area contributed by atoms with Crippen LogP contribution < -0.4 is 10.5 Å². The average molecular weight is 440 g/mol. The molecule has 0 unspecified atom stereocenters. The normalized spacial score (nSPS) is 11.4. The molecule has 0 saturated heterocycles. The molecule has 0 spiro atoms. The number of methoxy groups -OCH3 is 1. The van der Waals surface area contributed by atoms with E-state index in [-0.39, 0.29) is 18.4 Å². The molecule has 2 aromatic carbocycles. The van der Waals surface area contributed by atoms with Gasteiger partial charge in [0.1, 0.15) is 5.75 Å². The third kappa shape index (κ3) is 4.02. The predicted octanol–water partition coefficient (Wildman–Crippen LogP) is 5.46. The Hall–Kier alpha value is -3.29. The van der Waals surface area contributed by atoms with E-state index in [1.807, 2.05) is 18.2 Å². The van der Waals surface area contributed by atoms with E-state index < -0.39 is 5.97 Å². The number of hydrogen-bond acceptors (Lipinski definition) is 6. The fraction of sp³-hybridized carbons (Fsp3) is 0.217. The number of nitrogens with one attached hydrogen (secondary N) is 1. The van der Waals surface area contributed by atoms with E-state index in [4.69, 9.17) is 31.5 Å².